The molecule has 4 heteroatoms. The number of carbonyl (C=O) groups is 1. The van der Waals surface area contributed by atoms with E-state index >= 15 is 0 Å². The number of rotatable bonds is 4. The maximum atomic E-state index is 12.6. The number of fused-ring (bicyclic) bond motifs is 1. The highest BCUT2D eigenvalue weighted by Gasteiger charge is 2.17. The topological polar surface area (TPSA) is 31.2 Å². The summed E-state index contributed by atoms with van der Waals surface area (Å²) in [6.07, 6.45) is 3.28. The van der Waals surface area contributed by atoms with E-state index in [4.69, 9.17) is 16.3 Å². The Morgan fingerprint density at radius 1 is 1.13 bits per heavy atom. The lowest BCUT2D eigenvalue weighted by atomic mass is 10.1. The van der Waals surface area contributed by atoms with Crippen LogP contribution in [0, 0.1) is 0 Å². The summed E-state index contributed by atoms with van der Waals surface area (Å²) < 4.78 is 7.11. The summed E-state index contributed by atoms with van der Waals surface area (Å²) in [5, 5.41) is 1.30. The van der Waals surface area contributed by atoms with Crippen molar-refractivity contribution in [3.05, 3.63) is 70.9 Å². The number of allylic oxidation sites excluding steroid dienone is 1. The van der Waals surface area contributed by atoms with Crippen LogP contribution in [0.15, 0.2) is 54.6 Å². The first kappa shape index (κ1) is 15.4. The molecule has 1 heterocycles. The van der Waals surface area contributed by atoms with Crippen LogP contribution in [0.25, 0.3) is 17.0 Å². The molecule has 116 valence electrons. The number of nitrogens with zero attached hydrogens (tertiary/aromatic N) is 1. The van der Waals surface area contributed by atoms with E-state index < -0.39 is 0 Å². The summed E-state index contributed by atoms with van der Waals surface area (Å²) in [7, 11) is 3.46. The SMILES string of the molecule is COc1ccccc1/C=C/C(=O)c1c(Cl)n(C)c2ccccc12. The lowest BCUT2D eigenvalue weighted by Gasteiger charge is -2.03. The lowest BCUT2D eigenvalue weighted by molar-refractivity contribution is 0.104. The highest BCUT2D eigenvalue weighted by molar-refractivity contribution is 6.36. The second-order valence-corrected chi connectivity index (χ2v) is 5.54. The second-order valence-electron chi connectivity index (χ2n) is 5.18. The summed E-state index contributed by atoms with van der Waals surface area (Å²) in [6.45, 7) is 0. The molecule has 0 aliphatic carbocycles. The minimum atomic E-state index is -0.127. The molecule has 0 atom stereocenters. The lowest BCUT2D eigenvalue weighted by Crippen LogP contribution is -1.95. The van der Waals surface area contributed by atoms with Crippen LogP contribution in [-0.4, -0.2) is 17.5 Å². The van der Waals surface area contributed by atoms with Gasteiger partial charge in [-0.25, -0.2) is 0 Å². The highest BCUT2D eigenvalue weighted by Crippen LogP contribution is 2.30. The highest BCUT2D eigenvalue weighted by atomic mass is 35.5. The van der Waals surface area contributed by atoms with Crippen molar-refractivity contribution in [3.63, 3.8) is 0 Å². The Balaban J connectivity index is 2.02. The molecule has 3 aromatic rings. The molecule has 0 fully saturated rings. The Bertz CT molecular complexity index is 909. The zero-order valence-corrected chi connectivity index (χ0v) is 13.7. The number of benzene rings is 2. The van der Waals surface area contributed by atoms with Crippen LogP contribution in [0.3, 0.4) is 0 Å². The van der Waals surface area contributed by atoms with E-state index in [1.54, 1.807) is 13.2 Å². The summed E-state index contributed by atoms with van der Waals surface area (Å²) in [5.41, 5.74) is 2.31. The molecule has 0 aliphatic heterocycles. The first-order valence-corrected chi connectivity index (χ1v) is 7.59. The Kier molecular flexibility index (Phi) is 4.22. The van der Waals surface area contributed by atoms with Crippen LogP contribution in [-0.2, 0) is 7.05 Å². The molecule has 0 N–H and O–H groups in total. The van der Waals surface area contributed by atoms with Gasteiger partial charge < -0.3 is 9.30 Å². The molecule has 1 aromatic heterocycles. The van der Waals surface area contributed by atoms with E-state index in [0.29, 0.717) is 10.7 Å². The van der Waals surface area contributed by atoms with Gasteiger partial charge in [0.05, 0.1) is 12.7 Å². The average Bonchev–Trinajstić information content (AvgIpc) is 2.84. The number of ketones is 1. The second kappa shape index (κ2) is 6.31. The van der Waals surface area contributed by atoms with Gasteiger partial charge in [-0.05, 0) is 24.3 Å². The van der Waals surface area contributed by atoms with Gasteiger partial charge in [-0.15, -0.1) is 0 Å². The van der Waals surface area contributed by atoms with Crippen molar-refractivity contribution in [3.8, 4) is 5.75 Å². The van der Waals surface area contributed by atoms with Crippen LogP contribution < -0.4 is 4.74 Å². The van der Waals surface area contributed by atoms with Crippen LogP contribution >= 0.6 is 11.6 Å². The number of hydrogen-bond acceptors (Lipinski definition) is 2. The average molecular weight is 326 g/mol. The van der Waals surface area contributed by atoms with Gasteiger partial charge in [-0.1, -0.05) is 48.0 Å². The van der Waals surface area contributed by atoms with Gasteiger partial charge in [0.15, 0.2) is 5.78 Å². The molecular formula is C19H16ClNO2. The standard InChI is InChI=1S/C19H16ClNO2/c1-21-15-9-5-4-8-14(15)18(19(21)20)16(22)12-11-13-7-3-6-10-17(13)23-2/h3-12H,1-2H3/b12-11+. The number of para-hydroxylation sites is 2. The van der Waals surface area contributed by atoms with Gasteiger partial charge >= 0.3 is 0 Å². The van der Waals surface area contributed by atoms with Crippen molar-refractivity contribution in [1.29, 1.82) is 0 Å². The first-order chi connectivity index (χ1) is 11.1. The molecule has 0 radical (unpaired) electrons. The van der Waals surface area contributed by atoms with Crippen molar-refractivity contribution in [1.82, 2.24) is 4.57 Å². The van der Waals surface area contributed by atoms with E-state index in [2.05, 4.69) is 0 Å². The normalized spacial score (nSPS) is 11.3. The third kappa shape index (κ3) is 2.76. The number of halogens is 1. The maximum absolute atomic E-state index is 12.6. The zero-order valence-electron chi connectivity index (χ0n) is 12.9. The number of carbonyl (C=O) groups excluding carboxylic acids is 1. The predicted octanol–water partition coefficient (Wildman–Crippen LogP) is 4.74. The number of ether oxygens (including phenoxy) is 1. The van der Waals surface area contributed by atoms with E-state index in [-0.39, 0.29) is 5.78 Å². The third-order valence-corrected chi connectivity index (χ3v) is 4.28. The van der Waals surface area contributed by atoms with Crippen LogP contribution in [0.5, 0.6) is 5.75 Å². The van der Waals surface area contributed by atoms with Crippen LogP contribution in [0.4, 0.5) is 0 Å². The quantitative estimate of drug-likeness (QED) is 0.512. The molecule has 0 spiro atoms. The first-order valence-electron chi connectivity index (χ1n) is 7.22. The summed E-state index contributed by atoms with van der Waals surface area (Å²) in [4.78, 5) is 12.6. The van der Waals surface area contributed by atoms with Crippen LogP contribution in [0.2, 0.25) is 5.15 Å². The Labute approximate surface area is 139 Å². The van der Waals surface area contributed by atoms with Crippen molar-refractivity contribution >= 4 is 34.4 Å². The van der Waals surface area contributed by atoms with Gasteiger partial charge in [-0.2, -0.15) is 0 Å². The van der Waals surface area contributed by atoms with Crippen molar-refractivity contribution in [2.45, 2.75) is 0 Å². The van der Waals surface area contributed by atoms with Gasteiger partial charge in [0.25, 0.3) is 0 Å². The Morgan fingerprint density at radius 3 is 2.61 bits per heavy atom. The summed E-state index contributed by atoms with van der Waals surface area (Å²) in [6, 6.07) is 15.2. The maximum Gasteiger partial charge on any atom is 0.189 e. The van der Waals surface area contributed by atoms with E-state index in [9.17, 15) is 4.79 Å². The van der Waals surface area contributed by atoms with E-state index in [0.717, 1.165) is 22.2 Å². The van der Waals surface area contributed by atoms with Gasteiger partial charge in [0, 0.05) is 23.5 Å². The molecule has 3 rings (SSSR count). The van der Waals surface area contributed by atoms with Gasteiger partial charge in [0.2, 0.25) is 0 Å². The molecule has 0 unspecified atom stereocenters. The fourth-order valence-corrected chi connectivity index (χ4v) is 2.94. The number of methoxy groups -OCH3 is 1. The minimum absolute atomic E-state index is 0.127. The Morgan fingerprint density at radius 2 is 1.83 bits per heavy atom. The summed E-state index contributed by atoms with van der Waals surface area (Å²) in [5.74, 6) is 0.596. The molecular weight excluding hydrogens is 310 g/mol. The molecule has 0 saturated heterocycles. The number of aryl methyl sites for hydroxylation is 1. The number of aromatic nitrogens is 1. The molecule has 0 saturated carbocycles. The Hall–Kier alpha value is -2.52. The van der Waals surface area contributed by atoms with Crippen LogP contribution in [0.1, 0.15) is 15.9 Å². The molecule has 23 heavy (non-hydrogen) atoms. The summed E-state index contributed by atoms with van der Waals surface area (Å²) >= 11 is 6.36. The predicted molar refractivity (Wildman–Crippen MR) is 94.3 cm³/mol. The number of hydrogen-bond donors (Lipinski definition) is 0. The monoisotopic (exact) mass is 325 g/mol. The van der Waals surface area contributed by atoms with Gasteiger partial charge in [-0.3, -0.25) is 4.79 Å². The van der Waals surface area contributed by atoms with Crippen molar-refractivity contribution in [2.24, 2.45) is 7.05 Å². The zero-order chi connectivity index (χ0) is 16.4. The minimum Gasteiger partial charge on any atom is -0.496 e. The van der Waals surface area contributed by atoms with Crippen molar-refractivity contribution in [2.75, 3.05) is 7.11 Å². The fourth-order valence-electron chi connectivity index (χ4n) is 2.65. The molecule has 0 aliphatic rings. The molecule has 0 bridgehead atoms. The van der Waals surface area contributed by atoms with E-state index in [1.807, 2.05) is 60.1 Å². The van der Waals surface area contributed by atoms with Crippen molar-refractivity contribution < 1.29 is 9.53 Å². The van der Waals surface area contributed by atoms with Gasteiger partial charge in [0.1, 0.15) is 10.9 Å². The third-order valence-electron chi connectivity index (χ3n) is 3.84. The smallest absolute Gasteiger partial charge is 0.189 e. The largest absolute Gasteiger partial charge is 0.496 e. The molecule has 3 nitrogen and oxygen atoms in total. The molecule has 2 aromatic carbocycles. The van der Waals surface area contributed by atoms with E-state index in [1.165, 1.54) is 6.08 Å². The molecule has 0 amide bonds. The fraction of sp³-hybridized carbons (Fsp3) is 0.105.